The number of nitrogens with one attached hydrogen (secondary N) is 2. The Morgan fingerprint density at radius 2 is 2.22 bits per heavy atom. The first-order valence-electron chi connectivity index (χ1n) is 5.18. The molecular weight excluding hydrogens is 266 g/mol. The summed E-state index contributed by atoms with van der Waals surface area (Å²) in [6.45, 7) is 1.86. The molecule has 2 aromatic rings. The summed E-state index contributed by atoms with van der Waals surface area (Å²) in [4.78, 5) is 8.25. The maximum absolute atomic E-state index is 5.09. The monoisotopic (exact) mass is 277 g/mol. The molecular formula is C11H11N5S2. The highest BCUT2D eigenvalue weighted by Crippen LogP contribution is 2.09. The van der Waals surface area contributed by atoms with Crippen molar-refractivity contribution in [2.75, 3.05) is 5.32 Å². The molecule has 0 aliphatic heterocycles. The predicted octanol–water partition coefficient (Wildman–Crippen LogP) is 2.25. The van der Waals surface area contributed by atoms with Gasteiger partial charge >= 0.3 is 0 Å². The van der Waals surface area contributed by atoms with Crippen LogP contribution in [0.5, 0.6) is 0 Å². The molecule has 0 aliphatic rings. The summed E-state index contributed by atoms with van der Waals surface area (Å²) in [5.41, 5.74) is 4.32. The van der Waals surface area contributed by atoms with Gasteiger partial charge in [-0.3, -0.25) is 10.4 Å². The number of aromatic nitrogens is 2. The third kappa shape index (κ3) is 3.57. The minimum Gasteiger partial charge on any atom is -0.307 e. The van der Waals surface area contributed by atoms with Crippen LogP contribution in [-0.4, -0.2) is 20.8 Å². The molecule has 0 bridgehead atoms. The van der Waals surface area contributed by atoms with Crippen molar-refractivity contribution >= 4 is 39.5 Å². The fourth-order valence-electron chi connectivity index (χ4n) is 1.18. The standard InChI is InChI=1S/C11H11N5S2/c1-8(9-4-2-3-5-12-9)15-16-10(17)14-11-13-6-7-18-11/h2-7H,1H3,(H2,13,14,16,17)/b15-8-. The smallest absolute Gasteiger partial charge is 0.193 e. The van der Waals surface area contributed by atoms with E-state index in [1.54, 1.807) is 12.4 Å². The molecule has 0 saturated heterocycles. The first-order chi connectivity index (χ1) is 8.75. The Hall–Kier alpha value is -1.86. The lowest BCUT2D eigenvalue weighted by Crippen LogP contribution is -2.25. The summed E-state index contributed by atoms with van der Waals surface area (Å²) in [6, 6.07) is 5.66. The molecule has 0 aromatic carbocycles. The van der Waals surface area contributed by atoms with Crippen molar-refractivity contribution in [2.24, 2.45) is 5.10 Å². The van der Waals surface area contributed by atoms with Crippen LogP contribution >= 0.6 is 23.6 Å². The zero-order valence-electron chi connectivity index (χ0n) is 9.62. The van der Waals surface area contributed by atoms with E-state index in [9.17, 15) is 0 Å². The molecule has 0 saturated carbocycles. The van der Waals surface area contributed by atoms with E-state index in [4.69, 9.17) is 12.2 Å². The van der Waals surface area contributed by atoms with E-state index >= 15 is 0 Å². The first kappa shape index (κ1) is 12.6. The van der Waals surface area contributed by atoms with E-state index in [1.807, 2.05) is 30.5 Å². The lowest BCUT2D eigenvalue weighted by atomic mass is 10.3. The highest BCUT2D eigenvalue weighted by atomic mass is 32.1. The van der Waals surface area contributed by atoms with Gasteiger partial charge in [-0.25, -0.2) is 4.98 Å². The number of hydrogen-bond donors (Lipinski definition) is 2. The molecule has 2 aromatic heterocycles. The van der Waals surface area contributed by atoms with Crippen molar-refractivity contribution in [3.05, 3.63) is 41.7 Å². The molecule has 0 amide bonds. The van der Waals surface area contributed by atoms with Gasteiger partial charge in [-0.1, -0.05) is 6.07 Å². The highest BCUT2D eigenvalue weighted by molar-refractivity contribution is 7.80. The average Bonchev–Trinajstić information content (AvgIpc) is 2.90. The average molecular weight is 277 g/mol. The van der Waals surface area contributed by atoms with Crippen LogP contribution in [0.3, 0.4) is 0 Å². The van der Waals surface area contributed by atoms with E-state index < -0.39 is 0 Å². The second kappa shape index (κ2) is 6.18. The van der Waals surface area contributed by atoms with Crippen LogP contribution in [0.2, 0.25) is 0 Å². The Kier molecular flexibility index (Phi) is 4.32. The van der Waals surface area contributed by atoms with Crippen LogP contribution in [0, 0.1) is 0 Å². The fourth-order valence-corrected chi connectivity index (χ4v) is 1.92. The molecule has 92 valence electrons. The molecule has 0 aliphatic carbocycles. The number of thiazole rings is 1. The number of nitrogens with zero attached hydrogens (tertiary/aromatic N) is 3. The van der Waals surface area contributed by atoms with Gasteiger partial charge in [0.2, 0.25) is 0 Å². The van der Waals surface area contributed by atoms with Crippen molar-refractivity contribution in [2.45, 2.75) is 6.92 Å². The van der Waals surface area contributed by atoms with Crippen molar-refractivity contribution in [3.63, 3.8) is 0 Å². The summed E-state index contributed by atoms with van der Waals surface area (Å²) in [5, 5.41) is 10.1. The molecule has 2 N–H and O–H groups in total. The maximum atomic E-state index is 5.09. The van der Waals surface area contributed by atoms with Gasteiger partial charge in [0.15, 0.2) is 10.2 Å². The zero-order chi connectivity index (χ0) is 12.8. The molecule has 0 atom stereocenters. The molecule has 0 spiro atoms. The quantitative estimate of drug-likeness (QED) is 0.512. The topological polar surface area (TPSA) is 62.2 Å². The van der Waals surface area contributed by atoms with Crippen LogP contribution in [0.15, 0.2) is 41.1 Å². The Morgan fingerprint density at radius 3 is 2.89 bits per heavy atom. The summed E-state index contributed by atoms with van der Waals surface area (Å²) in [6.07, 6.45) is 3.43. The third-order valence-corrected chi connectivity index (χ3v) is 2.90. The SMILES string of the molecule is C/C(=N/NC(=S)Nc1nccs1)c1ccccn1. The number of hydrogen-bond acceptors (Lipinski definition) is 5. The van der Waals surface area contributed by atoms with Crippen LogP contribution in [-0.2, 0) is 0 Å². The van der Waals surface area contributed by atoms with Crippen molar-refractivity contribution in [1.29, 1.82) is 0 Å². The van der Waals surface area contributed by atoms with Gasteiger partial charge in [0.1, 0.15) is 0 Å². The van der Waals surface area contributed by atoms with E-state index in [0.29, 0.717) is 5.11 Å². The fraction of sp³-hybridized carbons (Fsp3) is 0.0909. The lowest BCUT2D eigenvalue weighted by molar-refractivity contribution is 1.03. The maximum Gasteiger partial charge on any atom is 0.193 e. The summed E-state index contributed by atoms with van der Waals surface area (Å²) in [5.74, 6) is 0. The van der Waals surface area contributed by atoms with Gasteiger partial charge in [-0.15, -0.1) is 11.3 Å². The van der Waals surface area contributed by atoms with Crippen LogP contribution in [0.4, 0.5) is 5.13 Å². The van der Waals surface area contributed by atoms with Gasteiger partial charge in [0.25, 0.3) is 0 Å². The number of thiocarbonyl (C=S) groups is 1. The molecule has 7 heteroatoms. The van der Waals surface area contributed by atoms with Crippen LogP contribution in [0.25, 0.3) is 0 Å². The molecule has 0 radical (unpaired) electrons. The van der Waals surface area contributed by atoms with E-state index in [-0.39, 0.29) is 0 Å². The van der Waals surface area contributed by atoms with Gasteiger partial charge < -0.3 is 5.32 Å². The number of rotatable bonds is 3. The Balaban J connectivity index is 1.92. The van der Waals surface area contributed by atoms with Crippen molar-refractivity contribution in [1.82, 2.24) is 15.4 Å². The van der Waals surface area contributed by atoms with Gasteiger partial charge in [-0.05, 0) is 31.3 Å². The molecule has 0 unspecified atom stereocenters. The van der Waals surface area contributed by atoms with Crippen LogP contribution in [0.1, 0.15) is 12.6 Å². The van der Waals surface area contributed by atoms with E-state index in [1.165, 1.54) is 11.3 Å². The minimum atomic E-state index is 0.403. The summed E-state index contributed by atoms with van der Waals surface area (Å²) >= 11 is 6.56. The van der Waals surface area contributed by atoms with Gasteiger partial charge in [0.05, 0.1) is 11.4 Å². The Bertz CT molecular complexity index is 536. The lowest BCUT2D eigenvalue weighted by Gasteiger charge is -2.04. The van der Waals surface area contributed by atoms with Crippen molar-refractivity contribution < 1.29 is 0 Å². The molecule has 5 nitrogen and oxygen atoms in total. The minimum absolute atomic E-state index is 0.403. The normalized spacial score (nSPS) is 11.1. The van der Waals surface area contributed by atoms with Crippen molar-refractivity contribution in [3.8, 4) is 0 Å². The largest absolute Gasteiger partial charge is 0.307 e. The van der Waals surface area contributed by atoms with Gasteiger partial charge in [-0.2, -0.15) is 5.10 Å². The van der Waals surface area contributed by atoms with Gasteiger partial charge in [0, 0.05) is 17.8 Å². The second-order valence-electron chi connectivity index (χ2n) is 3.32. The molecule has 0 fully saturated rings. The molecule has 2 heterocycles. The third-order valence-electron chi connectivity index (χ3n) is 2.01. The van der Waals surface area contributed by atoms with Crippen LogP contribution < -0.4 is 10.7 Å². The summed E-state index contributed by atoms with van der Waals surface area (Å²) < 4.78 is 0. The number of hydrazone groups is 1. The number of pyridine rings is 1. The number of anilines is 1. The zero-order valence-corrected chi connectivity index (χ0v) is 11.3. The van der Waals surface area contributed by atoms with E-state index in [0.717, 1.165) is 16.5 Å². The summed E-state index contributed by atoms with van der Waals surface area (Å²) in [7, 11) is 0. The first-order valence-corrected chi connectivity index (χ1v) is 6.46. The predicted molar refractivity (Wildman–Crippen MR) is 77.9 cm³/mol. The molecule has 18 heavy (non-hydrogen) atoms. The Labute approximate surface area is 114 Å². The highest BCUT2D eigenvalue weighted by Gasteiger charge is 2.00. The van der Waals surface area contributed by atoms with E-state index in [2.05, 4.69) is 25.8 Å². The molecule has 2 rings (SSSR count). The Morgan fingerprint density at radius 1 is 1.33 bits per heavy atom. The second-order valence-corrected chi connectivity index (χ2v) is 4.62.